The van der Waals surface area contributed by atoms with Crippen molar-refractivity contribution in [3.8, 4) is 21.9 Å². The number of hydrogen-bond donors (Lipinski definition) is 1. The summed E-state index contributed by atoms with van der Waals surface area (Å²) in [6.45, 7) is 2.70. The number of hydrogen-bond acceptors (Lipinski definition) is 4. The fourth-order valence-electron chi connectivity index (χ4n) is 3.38. The summed E-state index contributed by atoms with van der Waals surface area (Å²) in [6.07, 6.45) is 0. The monoisotopic (exact) mass is 508 g/mol. The van der Waals surface area contributed by atoms with Gasteiger partial charge in [0.15, 0.2) is 0 Å². The summed E-state index contributed by atoms with van der Waals surface area (Å²) in [6, 6.07) is 24.4. The predicted molar refractivity (Wildman–Crippen MR) is 134 cm³/mol. The topological polar surface area (TPSA) is 38.1 Å². The van der Waals surface area contributed by atoms with Crippen molar-refractivity contribution in [1.82, 2.24) is 4.98 Å². The van der Waals surface area contributed by atoms with E-state index in [-0.39, 0.29) is 0 Å². The number of aromatic nitrogens is 1. The molecule has 0 atom stereocenters. The molecule has 3 aromatic carbocycles. The van der Waals surface area contributed by atoms with Gasteiger partial charge < -0.3 is 9.73 Å². The van der Waals surface area contributed by atoms with Gasteiger partial charge in [-0.2, -0.15) is 0 Å². The summed E-state index contributed by atoms with van der Waals surface area (Å²) in [7, 11) is 0. The maximum atomic E-state index is 6.34. The maximum Gasteiger partial charge on any atom is 0.135 e. The van der Waals surface area contributed by atoms with E-state index in [4.69, 9.17) is 21.0 Å². The molecule has 0 aliphatic heterocycles. The van der Waals surface area contributed by atoms with E-state index in [1.54, 1.807) is 11.3 Å². The van der Waals surface area contributed by atoms with E-state index in [0.29, 0.717) is 11.6 Å². The molecule has 0 radical (unpaired) electrons. The lowest BCUT2D eigenvalue weighted by molar-refractivity contribution is 0.531. The van der Waals surface area contributed by atoms with Crippen molar-refractivity contribution < 1.29 is 4.42 Å². The normalized spacial score (nSPS) is 11.2. The van der Waals surface area contributed by atoms with Crippen LogP contribution in [0.25, 0.3) is 32.1 Å². The molecule has 0 spiro atoms. The van der Waals surface area contributed by atoms with Crippen LogP contribution in [0.5, 0.6) is 0 Å². The highest BCUT2D eigenvalue weighted by Crippen LogP contribution is 2.33. The first-order valence-corrected chi connectivity index (χ1v) is 11.8. The zero-order chi connectivity index (χ0) is 21.4. The Labute approximate surface area is 197 Å². The largest absolute Gasteiger partial charge is 0.459 e. The molecule has 0 aliphatic rings. The van der Waals surface area contributed by atoms with Crippen LogP contribution in [0.1, 0.15) is 11.3 Å². The average Bonchev–Trinajstić information content (AvgIpc) is 3.39. The van der Waals surface area contributed by atoms with Crippen LogP contribution in [0.15, 0.2) is 81.7 Å². The summed E-state index contributed by atoms with van der Waals surface area (Å²) >= 11 is 11.5. The number of aryl methyl sites for hydroxylation is 1. The second kappa shape index (κ2) is 8.50. The highest BCUT2D eigenvalue weighted by Gasteiger charge is 2.10. The zero-order valence-electron chi connectivity index (χ0n) is 16.7. The van der Waals surface area contributed by atoms with Crippen molar-refractivity contribution >= 4 is 54.8 Å². The first-order chi connectivity index (χ1) is 15.0. The minimum Gasteiger partial charge on any atom is -0.459 e. The minimum absolute atomic E-state index is 0.591. The number of anilines is 1. The molecule has 0 saturated heterocycles. The Bertz CT molecular complexity index is 1370. The molecule has 5 aromatic rings. The smallest absolute Gasteiger partial charge is 0.135 e. The zero-order valence-corrected chi connectivity index (χ0v) is 19.8. The van der Waals surface area contributed by atoms with E-state index in [0.717, 1.165) is 43.3 Å². The Morgan fingerprint density at radius 1 is 1.00 bits per heavy atom. The van der Waals surface area contributed by atoms with Crippen molar-refractivity contribution in [2.24, 2.45) is 0 Å². The van der Waals surface area contributed by atoms with E-state index >= 15 is 0 Å². The molecule has 6 heteroatoms. The van der Waals surface area contributed by atoms with Crippen molar-refractivity contribution in [3.05, 3.63) is 93.6 Å². The van der Waals surface area contributed by atoms with E-state index < -0.39 is 0 Å². The number of benzene rings is 3. The Balaban J connectivity index is 1.27. The lowest BCUT2D eigenvalue weighted by atomic mass is 10.2. The Hall–Kier alpha value is -2.60. The van der Waals surface area contributed by atoms with Crippen molar-refractivity contribution in [2.45, 2.75) is 13.5 Å². The van der Waals surface area contributed by atoms with Gasteiger partial charge in [-0.1, -0.05) is 33.6 Å². The van der Waals surface area contributed by atoms with Crippen LogP contribution in [0.3, 0.4) is 0 Å². The molecular formula is C25H18BrClN2OS. The molecule has 154 valence electrons. The molecule has 0 aliphatic carbocycles. The Morgan fingerprint density at radius 3 is 2.65 bits per heavy atom. The van der Waals surface area contributed by atoms with Gasteiger partial charge in [0.1, 0.15) is 16.5 Å². The highest BCUT2D eigenvalue weighted by atomic mass is 79.9. The molecule has 3 nitrogen and oxygen atoms in total. The molecule has 0 bridgehead atoms. The highest BCUT2D eigenvalue weighted by molar-refractivity contribution is 9.10. The van der Waals surface area contributed by atoms with Gasteiger partial charge in [0.25, 0.3) is 0 Å². The van der Waals surface area contributed by atoms with Gasteiger partial charge in [0.05, 0.1) is 21.8 Å². The van der Waals surface area contributed by atoms with Crippen LogP contribution >= 0.6 is 38.9 Å². The van der Waals surface area contributed by atoms with E-state index in [2.05, 4.69) is 70.6 Å². The number of rotatable bonds is 5. The van der Waals surface area contributed by atoms with Crippen LogP contribution in [0.4, 0.5) is 5.69 Å². The van der Waals surface area contributed by atoms with Crippen molar-refractivity contribution in [2.75, 3.05) is 5.32 Å². The summed E-state index contributed by atoms with van der Waals surface area (Å²) in [5.41, 5.74) is 5.33. The van der Waals surface area contributed by atoms with Crippen LogP contribution in [0, 0.1) is 6.92 Å². The number of nitrogens with zero attached hydrogens (tertiary/aromatic N) is 1. The molecule has 0 fully saturated rings. The van der Waals surface area contributed by atoms with Gasteiger partial charge in [-0.3, -0.25) is 0 Å². The fraction of sp³-hybridized carbons (Fsp3) is 0.0800. The molecule has 1 N–H and O–H groups in total. The second-order valence-corrected chi connectivity index (χ2v) is 9.66. The number of furan rings is 1. The molecule has 0 saturated carbocycles. The third-order valence-corrected chi connectivity index (χ3v) is 6.87. The molecular weight excluding hydrogens is 492 g/mol. The van der Waals surface area contributed by atoms with Gasteiger partial charge in [-0.15, -0.1) is 11.3 Å². The molecule has 2 aromatic heterocycles. The summed E-state index contributed by atoms with van der Waals surface area (Å²) < 4.78 is 8.14. The first-order valence-electron chi connectivity index (χ1n) is 9.81. The van der Waals surface area contributed by atoms with Crippen LogP contribution in [0.2, 0.25) is 5.02 Å². The second-order valence-electron chi connectivity index (χ2n) is 7.31. The quantitative estimate of drug-likeness (QED) is 0.258. The number of nitrogens with one attached hydrogen (secondary N) is 1. The predicted octanol–water partition coefficient (Wildman–Crippen LogP) is 8.56. The summed E-state index contributed by atoms with van der Waals surface area (Å²) in [4.78, 5) is 4.76. The summed E-state index contributed by atoms with van der Waals surface area (Å²) in [5, 5.41) is 5.10. The molecule has 0 amide bonds. The minimum atomic E-state index is 0.591. The number of halogens is 2. The van der Waals surface area contributed by atoms with Crippen LogP contribution < -0.4 is 5.32 Å². The maximum absolute atomic E-state index is 6.34. The number of fused-ring (bicyclic) bond motifs is 1. The van der Waals surface area contributed by atoms with Gasteiger partial charge in [-0.05, 0) is 79.2 Å². The lowest BCUT2D eigenvalue weighted by Crippen LogP contribution is -1.97. The average molecular weight is 510 g/mol. The molecule has 0 unspecified atom stereocenters. The van der Waals surface area contributed by atoms with Crippen molar-refractivity contribution in [1.29, 1.82) is 0 Å². The van der Waals surface area contributed by atoms with Crippen LogP contribution in [-0.4, -0.2) is 4.98 Å². The fourth-order valence-corrected chi connectivity index (χ4v) is 5.22. The van der Waals surface area contributed by atoms with Gasteiger partial charge >= 0.3 is 0 Å². The van der Waals surface area contributed by atoms with E-state index in [9.17, 15) is 0 Å². The standard InChI is InChI=1S/C25H18BrClN2OS/c1-15-2-10-22-24(12-15)31-25(29-22)16-3-6-18(7-4-16)28-14-19-8-11-23(30-19)20-9-5-17(26)13-21(20)27/h2-13,28H,14H2,1H3. The Morgan fingerprint density at radius 2 is 1.84 bits per heavy atom. The third kappa shape index (κ3) is 4.40. The van der Waals surface area contributed by atoms with Gasteiger partial charge in [-0.25, -0.2) is 4.98 Å². The van der Waals surface area contributed by atoms with E-state index in [1.807, 2.05) is 30.3 Å². The Kier molecular flexibility index (Phi) is 5.57. The number of thiazole rings is 1. The molecule has 2 heterocycles. The first kappa shape index (κ1) is 20.3. The third-order valence-electron chi connectivity index (χ3n) is 5.00. The molecule has 5 rings (SSSR count). The SMILES string of the molecule is Cc1ccc2nc(-c3ccc(NCc4ccc(-c5ccc(Br)cc5Cl)o4)cc3)sc2c1. The lowest BCUT2D eigenvalue weighted by Gasteiger charge is -2.06. The van der Waals surface area contributed by atoms with Crippen LogP contribution in [-0.2, 0) is 6.54 Å². The summed E-state index contributed by atoms with van der Waals surface area (Å²) in [5.74, 6) is 1.61. The van der Waals surface area contributed by atoms with E-state index in [1.165, 1.54) is 10.3 Å². The molecule has 31 heavy (non-hydrogen) atoms. The van der Waals surface area contributed by atoms with Gasteiger partial charge in [0.2, 0.25) is 0 Å². The van der Waals surface area contributed by atoms with Crippen molar-refractivity contribution in [3.63, 3.8) is 0 Å². The van der Waals surface area contributed by atoms with Gasteiger partial charge in [0, 0.05) is 21.3 Å².